The molecule has 0 saturated heterocycles. The van der Waals surface area contributed by atoms with Gasteiger partial charge in [-0.25, -0.2) is 13.2 Å². The van der Waals surface area contributed by atoms with Gasteiger partial charge in [0.15, 0.2) is 0 Å². The summed E-state index contributed by atoms with van der Waals surface area (Å²) in [6, 6.07) is 45.4. The summed E-state index contributed by atoms with van der Waals surface area (Å²) in [5, 5.41) is 6.01. The van der Waals surface area contributed by atoms with Gasteiger partial charge in [-0.05, 0) is 75.1 Å². The van der Waals surface area contributed by atoms with Crippen LogP contribution in [0.1, 0.15) is 64.2 Å². The summed E-state index contributed by atoms with van der Waals surface area (Å²) in [6.07, 6.45) is 15.0. The van der Waals surface area contributed by atoms with Crippen molar-refractivity contribution in [3.8, 4) is 11.8 Å². The van der Waals surface area contributed by atoms with Gasteiger partial charge >= 0.3 is 28.2 Å². The third-order valence-corrected chi connectivity index (χ3v) is 13.5. The van der Waals surface area contributed by atoms with Gasteiger partial charge < -0.3 is 0 Å². The van der Waals surface area contributed by atoms with E-state index in [2.05, 4.69) is 143 Å². The van der Waals surface area contributed by atoms with Crippen molar-refractivity contribution in [1.82, 2.24) is 0 Å². The van der Waals surface area contributed by atoms with E-state index >= 15 is 0 Å². The summed E-state index contributed by atoms with van der Waals surface area (Å²) < 4.78 is 59.9. The molecule has 5 rings (SSSR count). The fraction of sp³-hybridized carbons (Fsp3) is 0.273. The van der Waals surface area contributed by atoms with Gasteiger partial charge in [-0.2, -0.15) is 0 Å². The van der Waals surface area contributed by atoms with Crippen LogP contribution in [0.25, 0.3) is 0 Å². The molecule has 0 radical (unpaired) electrons. The van der Waals surface area contributed by atoms with E-state index in [4.69, 9.17) is 0 Å². The van der Waals surface area contributed by atoms with E-state index in [9.17, 15) is 22.0 Å². The van der Waals surface area contributed by atoms with Crippen molar-refractivity contribution in [2.24, 2.45) is 0 Å². The molecule has 0 fully saturated rings. The zero-order chi connectivity index (χ0) is 38.1. The van der Waals surface area contributed by atoms with Crippen LogP contribution >= 0.6 is 25.3 Å². The molecule has 9 heteroatoms. The van der Waals surface area contributed by atoms with Gasteiger partial charge in [0, 0.05) is 12.8 Å². The average Bonchev–Trinajstić information content (AvgIpc) is 3.21. The predicted molar refractivity (Wildman–Crippen MR) is 213 cm³/mol. The normalized spacial score (nSPS) is 10.5. The van der Waals surface area contributed by atoms with E-state index < -0.39 is 29.1 Å². The van der Waals surface area contributed by atoms with E-state index in [1.165, 1.54) is 84.9 Å². The molecular weight excluding hydrogens is 916 g/mol. The van der Waals surface area contributed by atoms with Crippen LogP contribution in [0.5, 0.6) is 0 Å². The molecule has 0 atom stereocenters. The van der Waals surface area contributed by atoms with E-state index in [0.717, 1.165) is 18.9 Å². The quantitative estimate of drug-likeness (QED) is 0.0176. The van der Waals surface area contributed by atoms with Crippen LogP contribution in [-0.4, -0.2) is 12.3 Å². The molecular formula is C44H44ClF5P2Pt. The Morgan fingerprint density at radius 2 is 0.698 bits per heavy atom. The van der Waals surface area contributed by atoms with Crippen molar-refractivity contribution in [2.45, 2.75) is 64.2 Å². The predicted octanol–water partition coefficient (Wildman–Crippen LogP) is 12.0. The van der Waals surface area contributed by atoms with Crippen molar-refractivity contribution >= 4 is 46.5 Å². The van der Waals surface area contributed by atoms with Crippen LogP contribution in [0.3, 0.4) is 0 Å². The molecule has 0 aliphatic carbocycles. The monoisotopic (exact) mass is 959 g/mol. The van der Waals surface area contributed by atoms with E-state index in [1.807, 2.05) is 0 Å². The maximum atomic E-state index is 12.0. The minimum absolute atomic E-state index is 0.245. The molecule has 0 aromatic heterocycles. The molecule has 53 heavy (non-hydrogen) atoms. The summed E-state index contributed by atoms with van der Waals surface area (Å²) in [5.74, 6) is -3.15. The molecule has 5 aromatic rings. The van der Waals surface area contributed by atoms with Gasteiger partial charge in [0.1, 0.15) is 0 Å². The standard InChI is InChI=1S/C38H44P2.C6F5.ClH.Pt/c1(3-5-7-9-23-33-39(35-25-15-11-16-26-35)36-27-17-12-18-28-36)2-4-6-8-10-24-34-40(37-29-19-13-20-30-37)38-31-21-14-22-32-38;7-2-1-3(8)5(10)6(11)4(2)9;;/h11-22,25-32H,3-10,23-24,33-34H2;;1H;/q;-1;;+2/p-1. The molecule has 0 amide bonds. The Kier molecular flexibility index (Phi) is 22.6. The third-order valence-electron chi connectivity index (χ3n) is 8.25. The van der Waals surface area contributed by atoms with Gasteiger partial charge in [0.25, 0.3) is 0 Å². The molecule has 0 saturated carbocycles. The first-order valence-corrected chi connectivity index (χ1v) is 23.6. The topological polar surface area (TPSA) is 0 Å². The number of halogens is 6. The second-order valence-electron chi connectivity index (χ2n) is 12.0. The van der Waals surface area contributed by atoms with E-state index in [0.29, 0.717) is 0 Å². The number of rotatable bonds is 16. The first kappa shape index (κ1) is 44.5. The molecule has 0 nitrogen and oxygen atoms in total. The molecule has 0 unspecified atom stereocenters. The maximum absolute atomic E-state index is 12.0. The van der Waals surface area contributed by atoms with E-state index in [-0.39, 0.29) is 15.8 Å². The van der Waals surface area contributed by atoms with Gasteiger partial charge in [0.05, 0.1) is 29.1 Å². The first-order chi connectivity index (χ1) is 26.0. The molecule has 282 valence electrons. The molecule has 0 bridgehead atoms. The summed E-state index contributed by atoms with van der Waals surface area (Å²) in [6.45, 7) is 0. The van der Waals surface area contributed by atoms with Crippen LogP contribution in [0.4, 0.5) is 22.0 Å². The number of benzene rings is 5. The van der Waals surface area contributed by atoms with Crippen molar-refractivity contribution in [2.75, 3.05) is 12.3 Å². The Balaban J connectivity index is 0.000000494. The molecule has 0 spiro atoms. The Bertz CT molecular complexity index is 1570. The van der Waals surface area contributed by atoms with Gasteiger partial charge in [-0.15, -0.1) is 17.9 Å². The Morgan fingerprint density at radius 3 is 1.00 bits per heavy atom. The van der Waals surface area contributed by atoms with Crippen LogP contribution in [0.2, 0.25) is 0 Å². The van der Waals surface area contributed by atoms with Crippen LogP contribution < -0.4 is 21.2 Å². The van der Waals surface area contributed by atoms with Crippen molar-refractivity contribution in [1.29, 1.82) is 0 Å². The fourth-order valence-electron chi connectivity index (χ4n) is 5.59. The second kappa shape index (κ2) is 26.8. The second-order valence-corrected chi connectivity index (χ2v) is 16.7. The van der Waals surface area contributed by atoms with Crippen molar-refractivity contribution in [3.63, 3.8) is 0 Å². The van der Waals surface area contributed by atoms with Crippen LogP contribution in [-0.2, 0) is 18.8 Å². The first-order valence-electron chi connectivity index (χ1n) is 17.7. The minimum atomic E-state index is -2.17. The number of hydrogen-bond donors (Lipinski definition) is 0. The van der Waals surface area contributed by atoms with Crippen LogP contribution in [0, 0.1) is 47.0 Å². The molecule has 0 N–H and O–H groups in total. The van der Waals surface area contributed by atoms with Gasteiger partial charge in [0.2, 0.25) is 0 Å². The Morgan fingerprint density at radius 1 is 0.415 bits per heavy atom. The zero-order valence-electron chi connectivity index (χ0n) is 29.5. The number of unbranched alkanes of at least 4 members (excludes halogenated alkanes) is 8. The van der Waals surface area contributed by atoms with Crippen molar-refractivity contribution in [3.05, 3.63) is 156 Å². The summed E-state index contributed by atoms with van der Waals surface area (Å²) in [7, 11) is 4.12. The number of hydrogen-bond acceptors (Lipinski definition) is 0. The Labute approximate surface area is 330 Å². The zero-order valence-corrected chi connectivity index (χ0v) is 34.3. The molecule has 5 aromatic carbocycles. The Hall–Kier alpha value is -2.85. The SMILES string of the molecule is C(#CCCCCCCP(c1ccccc1)c1ccccc1)CCCCCCP(c1ccccc1)c1ccccc1.Fc1[c-]c(F)c(F)c(F)c1F.[Cl][Pt+]. The summed E-state index contributed by atoms with van der Waals surface area (Å²) in [5.41, 5.74) is 0. The summed E-state index contributed by atoms with van der Waals surface area (Å²) >= 11 is 1.61. The fourth-order valence-corrected chi connectivity index (χ4v) is 10.4. The molecule has 0 aliphatic heterocycles. The van der Waals surface area contributed by atoms with Gasteiger partial charge in [-0.3, -0.25) is 8.78 Å². The van der Waals surface area contributed by atoms with Crippen molar-refractivity contribution < 1.29 is 40.7 Å². The molecule has 0 aliphatic rings. The molecule has 0 heterocycles. The van der Waals surface area contributed by atoms with E-state index in [1.54, 1.807) is 18.8 Å². The average molecular weight is 960 g/mol. The van der Waals surface area contributed by atoms with Gasteiger partial charge in [-0.1, -0.05) is 147 Å². The third kappa shape index (κ3) is 16.2. The summed E-state index contributed by atoms with van der Waals surface area (Å²) in [4.78, 5) is 0. The van der Waals surface area contributed by atoms with Crippen LogP contribution in [0.15, 0.2) is 121 Å².